The summed E-state index contributed by atoms with van der Waals surface area (Å²) < 4.78 is 7.00. The van der Waals surface area contributed by atoms with Crippen LogP contribution >= 0.6 is 0 Å². The number of benzene rings is 2. The van der Waals surface area contributed by atoms with Crippen LogP contribution in [0.5, 0.6) is 5.88 Å². The lowest BCUT2D eigenvalue weighted by Crippen LogP contribution is -2.22. The maximum Gasteiger partial charge on any atom is 0.263 e. The summed E-state index contributed by atoms with van der Waals surface area (Å²) in [5.41, 5.74) is 13.9. The average molecular weight is 493 g/mol. The highest BCUT2D eigenvalue weighted by atomic mass is 16.5. The van der Waals surface area contributed by atoms with Crippen molar-refractivity contribution < 1.29 is 4.74 Å². The van der Waals surface area contributed by atoms with Crippen LogP contribution in [0.4, 0.5) is 11.8 Å². The summed E-state index contributed by atoms with van der Waals surface area (Å²) in [5, 5.41) is 9.90. The Morgan fingerprint density at radius 1 is 1.03 bits per heavy atom. The molecule has 0 saturated carbocycles. The molecule has 0 fully saturated rings. The number of methoxy groups -OCH3 is 1. The zero-order chi connectivity index (χ0) is 26.4. The van der Waals surface area contributed by atoms with Crippen molar-refractivity contribution in [3.8, 4) is 28.9 Å². The fraction of sp³-hybridized carbons (Fsp3) is 0.111. The molecule has 37 heavy (non-hydrogen) atoms. The fourth-order valence-corrected chi connectivity index (χ4v) is 3.84. The smallest absolute Gasteiger partial charge is 0.263 e. The summed E-state index contributed by atoms with van der Waals surface area (Å²) in [6.45, 7) is 2.05. The number of nitrogens with zero attached hydrogens (tertiary/aromatic N) is 6. The molecular weight excluding hydrogens is 468 g/mol. The predicted molar refractivity (Wildman–Crippen MR) is 142 cm³/mol. The van der Waals surface area contributed by atoms with E-state index in [9.17, 15) is 4.79 Å². The van der Waals surface area contributed by atoms with E-state index in [1.54, 1.807) is 17.7 Å². The molecule has 0 amide bonds. The minimum absolute atomic E-state index is 0.0521. The van der Waals surface area contributed by atoms with Gasteiger partial charge in [0.15, 0.2) is 0 Å². The first-order valence-electron chi connectivity index (χ1n) is 11.3. The van der Waals surface area contributed by atoms with Gasteiger partial charge in [0, 0.05) is 23.0 Å². The highest BCUT2D eigenvalue weighted by molar-refractivity contribution is 5.95. The molecule has 4 N–H and O–H groups in total. The second-order valence-corrected chi connectivity index (χ2v) is 7.82. The predicted octanol–water partition coefficient (Wildman–Crippen LogP) is 3.53. The van der Waals surface area contributed by atoms with E-state index in [4.69, 9.17) is 21.5 Å². The number of rotatable bonds is 4. The zero-order valence-electron chi connectivity index (χ0n) is 20.3. The number of ether oxygens (including phenoxy) is 1. The van der Waals surface area contributed by atoms with E-state index in [2.05, 4.69) is 32.9 Å². The van der Waals surface area contributed by atoms with E-state index >= 15 is 0 Å². The largest absolute Gasteiger partial charge is 0.481 e. The molecule has 0 radical (unpaired) electrons. The molecule has 3 heterocycles. The van der Waals surface area contributed by atoms with Crippen LogP contribution in [-0.2, 0) is 6.42 Å². The van der Waals surface area contributed by atoms with Crippen LogP contribution in [0.2, 0.25) is 0 Å². The van der Waals surface area contributed by atoms with E-state index in [1.165, 1.54) is 12.5 Å². The summed E-state index contributed by atoms with van der Waals surface area (Å²) in [5.74, 6) is 0.664. The monoisotopic (exact) mass is 492 g/mol. The minimum Gasteiger partial charge on any atom is -0.481 e. The molecule has 2 aromatic carbocycles. The van der Waals surface area contributed by atoms with Gasteiger partial charge in [-0.05, 0) is 30.0 Å². The third-order valence-electron chi connectivity index (χ3n) is 5.58. The van der Waals surface area contributed by atoms with Crippen LogP contribution in [-0.4, -0.2) is 31.6 Å². The van der Waals surface area contributed by atoms with Gasteiger partial charge in [-0.3, -0.25) is 9.36 Å². The van der Waals surface area contributed by atoms with Crippen LogP contribution in [0.15, 0.2) is 78.0 Å². The number of pyridine rings is 1. The van der Waals surface area contributed by atoms with E-state index in [1.807, 2.05) is 54.6 Å². The van der Waals surface area contributed by atoms with Crippen molar-refractivity contribution in [2.75, 3.05) is 18.6 Å². The van der Waals surface area contributed by atoms with Crippen LogP contribution in [0.25, 0.3) is 27.7 Å². The molecule has 0 spiro atoms. The lowest BCUT2D eigenvalue weighted by atomic mass is 10.0. The summed E-state index contributed by atoms with van der Waals surface area (Å²) in [4.78, 5) is 29.1. The van der Waals surface area contributed by atoms with Crippen LogP contribution < -0.4 is 21.8 Å². The Bertz CT molecular complexity index is 1660. The van der Waals surface area contributed by atoms with Gasteiger partial charge in [0.05, 0.1) is 24.4 Å². The molecule has 0 aliphatic carbocycles. The van der Waals surface area contributed by atoms with E-state index < -0.39 is 0 Å². The van der Waals surface area contributed by atoms with Gasteiger partial charge < -0.3 is 16.2 Å². The van der Waals surface area contributed by atoms with E-state index in [0.29, 0.717) is 17.0 Å². The Labute approximate surface area is 212 Å². The molecule has 0 unspecified atom stereocenters. The molecule has 10 heteroatoms. The number of hydrogen-bond donors (Lipinski definition) is 2. The molecule has 184 valence electrons. The van der Waals surface area contributed by atoms with Gasteiger partial charge in [0.1, 0.15) is 23.8 Å². The highest BCUT2D eigenvalue weighted by Gasteiger charge is 2.15. The van der Waals surface area contributed by atoms with Crippen molar-refractivity contribution in [2.45, 2.75) is 13.3 Å². The number of fused-ring (bicyclic) bond motifs is 1. The normalized spacial score (nSPS) is 10.3. The molecule has 0 aliphatic rings. The van der Waals surface area contributed by atoms with Gasteiger partial charge in [-0.15, -0.1) is 0 Å². The molecule has 0 atom stereocenters. The Kier molecular flexibility index (Phi) is 7.35. The maximum absolute atomic E-state index is 13.5. The summed E-state index contributed by atoms with van der Waals surface area (Å²) >= 11 is 0. The number of nitrogens with two attached hydrogens (primary N) is 2. The quantitative estimate of drug-likeness (QED) is 0.382. The van der Waals surface area contributed by atoms with Crippen LogP contribution in [0.3, 0.4) is 0 Å². The topological polar surface area (TPSA) is 159 Å². The van der Waals surface area contributed by atoms with Crippen molar-refractivity contribution in [1.82, 2.24) is 24.5 Å². The van der Waals surface area contributed by atoms with Gasteiger partial charge in [-0.2, -0.15) is 10.2 Å². The third-order valence-corrected chi connectivity index (χ3v) is 5.58. The SMILES string of the molecule is CCc1cc2cccc(-c3cc(OC)ncn3)c2c(=O)n1-c1ccccc1.N#Cc1cnc(N)nc1N. The first kappa shape index (κ1) is 24.8. The molecule has 0 saturated heterocycles. The van der Waals surface area contributed by atoms with E-state index in [-0.39, 0.29) is 22.9 Å². The number of anilines is 2. The molecule has 0 bridgehead atoms. The van der Waals surface area contributed by atoms with Gasteiger partial charge in [-0.1, -0.05) is 43.3 Å². The Morgan fingerprint density at radius 2 is 1.81 bits per heavy atom. The summed E-state index contributed by atoms with van der Waals surface area (Å²) in [6, 6.07) is 21.2. The van der Waals surface area contributed by atoms with E-state index in [0.717, 1.165) is 28.8 Å². The first-order chi connectivity index (χ1) is 18.0. The second kappa shape index (κ2) is 11.0. The molecular formula is C27H24N8O2. The molecule has 3 aromatic heterocycles. The second-order valence-electron chi connectivity index (χ2n) is 7.82. The standard InChI is InChI=1S/C22H19N3O2.C5H5N5/c1-3-16-12-15-8-7-11-18(19-13-20(27-2)24-14-23-19)21(15)22(26)25(16)17-9-5-4-6-10-17;6-1-3-2-9-5(8)10-4(3)7/h4-14H,3H2,1-2H3;2H,(H4,7,8,9,10). The number of aryl methyl sites for hydroxylation is 1. The lowest BCUT2D eigenvalue weighted by Gasteiger charge is -2.15. The number of aromatic nitrogens is 5. The summed E-state index contributed by atoms with van der Waals surface area (Å²) in [6.07, 6.45) is 3.49. The van der Waals surface area contributed by atoms with Crippen molar-refractivity contribution in [2.24, 2.45) is 0 Å². The number of nitrogen functional groups attached to an aromatic ring is 2. The summed E-state index contributed by atoms with van der Waals surface area (Å²) in [7, 11) is 1.56. The van der Waals surface area contributed by atoms with Crippen molar-refractivity contribution >= 4 is 22.5 Å². The zero-order valence-corrected chi connectivity index (χ0v) is 20.3. The number of hydrogen-bond acceptors (Lipinski definition) is 9. The highest BCUT2D eigenvalue weighted by Crippen LogP contribution is 2.27. The maximum atomic E-state index is 13.5. The Hall–Kier alpha value is -5.30. The van der Waals surface area contributed by atoms with Crippen molar-refractivity contribution in [1.29, 1.82) is 5.26 Å². The molecule has 10 nitrogen and oxygen atoms in total. The minimum atomic E-state index is -0.0521. The lowest BCUT2D eigenvalue weighted by molar-refractivity contribution is 0.397. The average Bonchev–Trinajstić information content (AvgIpc) is 2.93. The Balaban J connectivity index is 0.000000270. The third kappa shape index (κ3) is 5.21. The van der Waals surface area contributed by atoms with Crippen LogP contribution in [0.1, 0.15) is 18.2 Å². The van der Waals surface area contributed by atoms with Gasteiger partial charge >= 0.3 is 0 Å². The Morgan fingerprint density at radius 3 is 2.49 bits per heavy atom. The van der Waals surface area contributed by atoms with Gasteiger partial charge in [0.25, 0.3) is 5.56 Å². The number of nitriles is 1. The van der Waals surface area contributed by atoms with Crippen molar-refractivity contribution in [3.63, 3.8) is 0 Å². The molecule has 5 rings (SSSR count). The molecule has 0 aliphatic heterocycles. The van der Waals surface area contributed by atoms with Crippen LogP contribution in [0, 0.1) is 11.3 Å². The van der Waals surface area contributed by atoms with Crippen molar-refractivity contribution in [3.05, 3.63) is 94.8 Å². The molecule has 5 aromatic rings. The first-order valence-corrected chi connectivity index (χ1v) is 11.3. The number of para-hydroxylation sites is 1. The van der Waals surface area contributed by atoms with Gasteiger partial charge in [0.2, 0.25) is 11.8 Å². The fourth-order valence-electron chi connectivity index (χ4n) is 3.84. The van der Waals surface area contributed by atoms with Gasteiger partial charge in [-0.25, -0.2) is 15.0 Å².